The van der Waals surface area contributed by atoms with Crippen molar-refractivity contribution in [3.8, 4) is 5.75 Å². The maximum atomic E-state index is 12.3. The van der Waals surface area contributed by atoms with Crippen LogP contribution in [0.2, 0.25) is 0 Å². The number of sulfonamides is 1. The lowest BCUT2D eigenvalue weighted by molar-refractivity contribution is -0.136. The minimum atomic E-state index is -4.11. The molecule has 1 fully saturated rings. The first-order valence-corrected chi connectivity index (χ1v) is 6.91. The van der Waals surface area contributed by atoms with E-state index in [0.29, 0.717) is 0 Å². The van der Waals surface area contributed by atoms with Gasteiger partial charge < -0.3 is 5.11 Å². The molecular weight excluding hydrogens is 272 g/mol. The highest BCUT2D eigenvalue weighted by Crippen LogP contribution is 2.27. The number of benzene rings is 1. The molecule has 2 amide bonds. The molecule has 102 valence electrons. The van der Waals surface area contributed by atoms with E-state index in [2.05, 4.69) is 5.32 Å². The van der Waals surface area contributed by atoms with Crippen LogP contribution in [0.5, 0.6) is 5.75 Å². The van der Waals surface area contributed by atoms with Crippen molar-refractivity contribution in [2.24, 2.45) is 0 Å². The monoisotopic (exact) mass is 284 g/mol. The van der Waals surface area contributed by atoms with Gasteiger partial charge in [-0.1, -0.05) is 12.1 Å². The van der Waals surface area contributed by atoms with Gasteiger partial charge in [-0.05, 0) is 19.1 Å². The molecule has 0 saturated carbocycles. The zero-order chi connectivity index (χ0) is 14.2. The van der Waals surface area contributed by atoms with Gasteiger partial charge in [0.25, 0.3) is 0 Å². The topological polar surface area (TPSA) is 104 Å². The first-order valence-electron chi connectivity index (χ1n) is 5.47. The van der Waals surface area contributed by atoms with Crippen LogP contribution in [0.4, 0.5) is 0 Å². The predicted molar refractivity (Wildman–Crippen MR) is 64.6 cm³/mol. The fourth-order valence-electron chi connectivity index (χ4n) is 1.79. The lowest BCUT2D eigenvalue weighted by atomic mass is 10.2. The molecule has 0 bridgehead atoms. The van der Waals surface area contributed by atoms with E-state index in [1.165, 1.54) is 31.2 Å². The number of carbonyl (C=O) groups excluding carboxylic acids is 2. The summed E-state index contributed by atoms with van der Waals surface area (Å²) in [5.74, 6) is -1.80. The van der Waals surface area contributed by atoms with Gasteiger partial charge in [0.2, 0.25) is 21.8 Å². The van der Waals surface area contributed by atoms with Crippen molar-refractivity contribution < 1.29 is 23.1 Å². The number of piperazine rings is 1. The quantitative estimate of drug-likeness (QED) is 0.708. The van der Waals surface area contributed by atoms with Crippen molar-refractivity contribution in [1.29, 1.82) is 0 Å². The summed E-state index contributed by atoms with van der Waals surface area (Å²) in [5.41, 5.74) is 0. The molecule has 1 saturated heterocycles. The molecule has 19 heavy (non-hydrogen) atoms. The molecule has 2 rings (SSSR count). The van der Waals surface area contributed by atoms with E-state index >= 15 is 0 Å². The van der Waals surface area contributed by atoms with Gasteiger partial charge in [-0.3, -0.25) is 14.9 Å². The second-order valence-corrected chi connectivity index (χ2v) is 5.97. The molecule has 0 aliphatic carbocycles. The molecule has 0 aromatic heterocycles. The van der Waals surface area contributed by atoms with Crippen LogP contribution in [0.15, 0.2) is 29.2 Å². The van der Waals surface area contributed by atoms with Crippen LogP contribution in [-0.4, -0.2) is 42.2 Å². The standard InChI is InChI=1S/C11H12N2O5S/c1-7-11(16)12-10(15)6-13(7)19(17,18)9-5-3-2-4-8(9)14/h2-5,7,14H,6H2,1H3,(H,12,15,16). The van der Waals surface area contributed by atoms with Crippen LogP contribution < -0.4 is 5.32 Å². The molecule has 1 aliphatic rings. The maximum absolute atomic E-state index is 12.3. The van der Waals surface area contributed by atoms with Gasteiger partial charge in [-0.15, -0.1) is 0 Å². The molecule has 1 atom stereocenters. The smallest absolute Gasteiger partial charge is 0.247 e. The number of hydrogen-bond donors (Lipinski definition) is 2. The second kappa shape index (κ2) is 4.63. The second-order valence-electron chi connectivity index (χ2n) is 4.11. The van der Waals surface area contributed by atoms with Crippen molar-refractivity contribution in [3.05, 3.63) is 24.3 Å². The number of rotatable bonds is 2. The van der Waals surface area contributed by atoms with E-state index in [0.717, 1.165) is 4.31 Å². The summed E-state index contributed by atoms with van der Waals surface area (Å²) in [5, 5.41) is 11.7. The molecule has 1 aliphatic heterocycles. The van der Waals surface area contributed by atoms with Crippen LogP contribution in [0, 0.1) is 0 Å². The number of phenolic OH excluding ortho intramolecular Hbond substituents is 1. The molecule has 1 aromatic carbocycles. The minimum Gasteiger partial charge on any atom is -0.507 e. The maximum Gasteiger partial charge on any atom is 0.247 e. The Morgan fingerprint density at radius 2 is 1.95 bits per heavy atom. The normalized spacial score (nSPS) is 21.2. The lowest BCUT2D eigenvalue weighted by Gasteiger charge is -2.30. The van der Waals surface area contributed by atoms with Crippen LogP contribution in [0.1, 0.15) is 6.92 Å². The van der Waals surface area contributed by atoms with Crippen molar-refractivity contribution in [2.75, 3.05) is 6.54 Å². The van der Waals surface area contributed by atoms with Crippen LogP contribution in [-0.2, 0) is 19.6 Å². The highest BCUT2D eigenvalue weighted by Gasteiger charge is 2.39. The molecule has 2 N–H and O–H groups in total. The Morgan fingerprint density at radius 3 is 2.58 bits per heavy atom. The third-order valence-corrected chi connectivity index (χ3v) is 4.79. The van der Waals surface area contributed by atoms with Gasteiger partial charge >= 0.3 is 0 Å². The molecular formula is C11H12N2O5S. The third kappa shape index (κ3) is 2.32. The number of aromatic hydroxyl groups is 1. The van der Waals surface area contributed by atoms with Crippen LogP contribution in [0.3, 0.4) is 0 Å². The SMILES string of the molecule is CC1C(=O)NC(=O)CN1S(=O)(=O)c1ccccc1O. The summed E-state index contributed by atoms with van der Waals surface area (Å²) in [6, 6.07) is 4.36. The van der Waals surface area contributed by atoms with Gasteiger partial charge in [0, 0.05) is 0 Å². The summed E-state index contributed by atoms with van der Waals surface area (Å²) in [7, 11) is -4.11. The van der Waals surface area contributed by atoms with Gasteiger partial charge in [-0.2, -0.15) is 4.31 Å². The van der Waals surface area contributed by atoms with E-state index < -0.39 is 40.2 Å². The Hall–Kier alpha value is -1.93. The van der Waals surface area contributed by atoms with Crippen molar-refractivity contribution in [1.82, 2.24) is 9.62 Å². The Kier molecular flexibility index (Phi) is 3.29. The van der Waals surface area contributed by atoms with Crippen molar-refractivity contribution >= 4 is 21.8 Å². The Bertz CT molecular complexity index is 640. The Morgan fingerprint density at radius 1 is 1.32 bits per heavy atom. The van der Waals surface area contributed by atoms with Crippen molar-refractivity contribution in [2.45, 2.75) is 17.9 Å². The zero-order valence-corrected chi connectivity index (χ0v) is 10.8. The minimum absolute atomic E-state index is 0.329. The molecule has 0 radical (unpaired) electrons. The lowest BCUT2D eigenvalue weighted by Crippen LogP contribution is -2.58. The molecule has 1 unspecified atom stereocenters. The molecule has 7 nitrogen and oxygen atoms in total. The summed E-state index contributed by atoms with van der Waals surface area (Å²) < 4.78 is 25.5. The van der Waals surface area contributed by atoms with E-state index in [9.17, 15) is 23.1 Å². The number of para-hydroxylation sites is 1. The number of nitrogens with zero attached hydrogens (tertiary/aromatic N) is 1. The fourth-order valence-corrected chi connectivity index (χ4v) is 3.42. The van der Waals surface area contributed by atoms with Gasteiger partial charge in [-0.25, -0.2) is 8.42 Å². The number of phenols is 1. The van der Waals surface area contributed by atoms with Gasteiger partial charge in [0.15, 0.2) is 0 Å². The number of nitrogens with one attached hydrogen (secondary N) is 1. The number of amides is 2. The highest BCUT2D eigenvalue weighted by molar-refractivity contribution is 7.89. The van der Waals surface area contributed by atoms with Crippen LogP contribution >= 0.6 is 0 Å². The van der Waals surface area contributed by atoms with E-state index in [4.69, 9.17) is 0 Å². The number of imide groups is 1. The van der Waals surface area contributed by atoms with E-state index in [1.54, 1.807) is 0 Å². The highest BCUT2D eigenvalue weighted by atomic mass is 32.2. The summed E-state index contributed by atoms with van der Waals surface area (Å²) in [6.45, 7) is 0.920. The molecule has 1 aromatic rings. The molecule has 1 heterocycles. The van der Waals surface area contributed by atoms with E-state index in [1.807, 2.05) is 0 Å². The predicted octanol–water partition coefficient (Wildman–Crippen LogP) is -0.572. The molecule has 8 heteroatoms. The number of carbonyl (C=O) groups is 2. The average Bonchev–Trinajstić information content (AvgIpc) is 2.34. The zero-order valence-electron chi connectivity index (χ0n) is 10.0. The van der Waals surface area contributed by atoms with E-state index in [-0.39, 0.29) is 4.90 Å². The Labute approximate surface area is 109 Å². The van der Waals surface area contributed by atoms with Crippen molar-refractivity contribution in [3.63, 3.8) is 0 Å². The average molecular weight is 284 g/mol. The summed E-state index contributed by atoms with van der Waals surface area (Å²) in [6.07, 6.45) is 0. The first-order chi connectivity index (χ1) is 8.84. The first kappa shape index (κ1) is 13.5. The Balaban J connectivity index is 2.47. The number of hydrogen-bond acceptors (Lipinski definition) is 5. The summed E-state index contributed by atoms with van der Waals surface area (Å²) >= 11 is 0. The largest absolute Gasteiger partial charge is 0.507 e. The van der Waals surface area contributed by atoms with Gasteiger partial charge in [0.05, 0.1) is 6.54 Å². The van der Waals surface area contributed by atoms with Gasteiger partial charge in [0.1, 0.15) is 16.7 Å². The van der Waals surface area contributed by atoms with Crippen LogP contribution in [0.25, 0.3) is 0 Å². The third-order valence-electron chi connectivity index (χ3n) is 2.83. The molecule has 0 spiro atoms. The summed E-state index contributed by atoms with van der Waals surface area (Å²) in [4.78, 5) is 22.4. The fraction of sp³-hybridized carbons (Fsp3) is 0.273.